The predicted octanol–water partition coefficient (Wildman–Crippen LogP) is 8.50. The van der Waals surface area contributed by atoms with Crippen molar-refractivity contribution in [3.05, 3.63) is 134 Å². The van der Waals surface area contributed by atoms with Crippen LogP contribution >= 0.6 is 0 Å². The summed E-state index contributed by atoms with van der Waals surface area (Å²) in [6.07, 6.45) is 9.93. The van der Waals surface area contributed by atoms with Crippen molar-refractivity contribution in [1.29, 1.82) is 0 Å². The molecule has 0 unspecified atom stereocenters. The molecule has 8 rings (SSSR count). The van der Waals surface area contributed by atoms with E-state index in [-0.39, 0.29) is 25.0 Å². The molecule has 6 N–H and O–H groups in total. The standard InChI is InChI=1S/C27H31N5O4.C27H29N5O4.CH4/c2*1-4-36-22-15-19(8-9-21(22)25-30-26-24(27(35)31-25)28-16-29-26)20-13-17(6-5-11-32(2)3)12-18(14-20)7-10-23(33)34;/h8-9,12-16H,4-7,10-11H2,1-3H3,(H,33,34)(H2,28,29,30,31,35);7-10,12-16H,4-6,11H2,1-3H3,(H,33,34)(H2,28,29,30,31,35);1H4/b;10-7+;. The molecule has 8 aromatic rings. The van der Waals surface area contributed by atoms with Crippen LogP contribution in [0.3, 0.4) is 0 Å². The van der Waals surface area contributed by atoms with Crippen LogP contribution in [0.4, 0.5) is 0 Å². The van der Waals surface area contributed by atoms with Crippen LogP contribution in [0.2, 0.25) is 0 Å². The molecule has 0 spiro atoms. The lowest BCUT2D eigenvalue weighted by Crippen LogP contribution is -2.13. The first-order valence-corrected chi connectivity index (χ1v) is 23.8. The zero-order valence-corrected chi connectivity index (χ0v) is 41.3. The number of hydrogen-bond acceptors (Lipinski definition) is 12. The summed E-state index contributed by atoms with van der Waals surface area (Å²) in [5.41, 5.74) is 9.92. The number of fused-ring (bicyclic) bond motifs is 2. The molecule has 73 heavy (non-hydrogen) atoms. The Labute approximate surface area is 423 Å². The summed E-state index contributed by atoms with van der Waals surface area (Å²) in [6.45, 7) is 6.60. The smallest absolute Gasteiger partial charge is 0.328 e. The van der Waals surface area contributed by atoms with Crippen molar-refractivity contribution in [3.63, 3.8) is 0 Å². The van der Waals surface area contributed by atoms with Crippen LogP contribution in [0.1, 0.15) is 62.8 Å². The summed E-state index contributed by atoms with van der Waals surface area (Å²) in [7, 11) is 8.19. The highest BCUT2D eigenvalue weighted by atomic mass is 16.5. The fourth-order valence-corrected chi connectivity index (χ4v) is 8.25. The number of benzene rings is 4. The van der Waals surface area contributed by atoms with E-state index in [2.05, 4.69) is 82.0 Å². The van der Waals surface area contributed by atoms with Crippen LogP contribution in [-0.2, 0) is 28.9 Å². The molecule has 18 nitrogen and oxygen atoms in total. The average molecular weight is 993 g/mol. The van der Waals surface area contributed by atoms with E-state index in [4.69, 9.17) is 14.6 Å². The largest absolute Gasteiger partial charge is 0.493 e. The van der Waals surface area contributed by atoms with Crippen molar-refractivity contribution in [2.45, 2.75) is 59.8 Å². The lowest BCUT2D eigenvalue weighted by Gasteiger charge is -2.15. The second-order valence-corrected chi connectivity index (χ2v) is 17.7. The number of aliphatic carboxylic acids is 2. The van der Waals surface area contributed by atoms with E-state index < -0.39 is 11.9 Å². The van der Waals surface area contributed by atoms with E-state index in [0.717, 1.165) is 83.8 Å². The molecule has 0 saturated heterocycles. The number of carboxylic acids is 2. The van der Waals surface area contributed by atoms with E-state index in [9.17, 15) is 24.3 Å². The third-order valence-electron chi connectivity index (χ3n) is 11.6. The second-order valence-electron chi connectivity index (χ2n) is 17.7. The number of hydrogen-bond donors (Lipinski definition) is 6. The van der Waals surface area contributed by atoms with Crippen molar-refractivity contribution in [3.8, 4) is 56.5 Å². The number of nitrogens with zero attached hydrogens (tertiary/aromatic N) is 6. The number of carbonyl (C=O) groups is 2. The molecule has 0 aliphatic carbocycles. The van der Waals surface area contributed by atoms with Gasteiger partial charge in [0.1, 0.15) is 23.1 Å². The van der Waals surface area contributed by atoms with Gasteiger partial charge in [0.05, 0.1) is 37.0 Å². The summed E-state index contributed by atoms with van der Waals surface area (Å²) in [5.74, 6) is 0.124. The first-order chi connectivity index (χ1) is 34.7. The van der Waals surface area contributed by atoms with Crippen molar-refractivity contribution in [2.24, 2.45) is 0 Å². The number of aryl methyl sites for hydroxylation is 3. The number of aromatic nitrogens is 8. The SMILES string of the molecule is C.CCOc1cc(-c2cc(/C=C/C(=O)O)cc(CCCN(C)C)c2)ccc1-c1nc2nc[nH]c2c(=O)[nH]1.CCOc1cc(-c2cc(CCCN(C)C)cc(CCC(=O)O)c2)ccc1-c1nc2nc[nH]c2c(=O)[nH]1. The lowest BCUT2D eigenvalue weighted by atomic mass is 9.95. The van der Waals surface area contributed by atoms with Crippen LogP contribution in [0.5, 0.6) is 11.5 Å². The van der Waals surface area contributed by atoms with Crippen molar-refractivity contribution < 1.29 is 29.3 Å². The van der Waals surface area contributed by atoms with Crippen molar-refractivity contribution in [1.82, 2.24) is 49.7 Å². The van der Waals surface area contributed by atoms with Gasteiger partial charge in [-0.1, -0.05) is 49.9 Å². The Bertz CT molecular complexity index is 3330. The molecule has 4 aromatic carbocycles. The van der Waals surface area contributed by atoms with Crippen LogP contribution in [0.25, 0.3) is 73.4 Å². The van der Waals surface area contributed by atoms with Gasteiger partial charge in [-0.15, -0.1) is 0 Å². The van der Waals surface area contributed by atoms with Gasteiger partial charge in [-0.3, -0.25) is 14.4 Å². The summed E-state index contributed by atoms with van der Waals surface area (Å²) >= 11 is 0. The molecule has 382 valence electrons. The lowest BCUT2D eigenvalue weighted by molar-refractivity contribution is -0.137. The van der Waals surface area contributed by atoms with Gasteiger partial charge in [-0.2, -0.15) is 0 Å². The normalized spacial score (nSPS) is 11.3. The van der Waals surface area contributed by atoms with Gasteiger partial charge >= 0.3 is 11.9 Å². The van der Waals surface area contributed by atoms with Gasteiger partial charge < -0.3 is 49.4 Å². The molecular formula is C55H64N10O8. The molecule has 0 fully saturated rings. The number of imidazole rings is 2. The molecule has 0 radical (unpaired) electrons. The second kappa shape index (κ2) is 25.2. The number of aromatic amines is 4. The summed E-state index contributed by atoms with van der Waals surface area (Å²) in [4.78, 5) is 79.9. The van der Waals surface area contributed by atoms with Gasteiger partial charge in [0, 0.05) is 12.5 Å². The zero-order valence-electron chi connectivity index (χ0n) is 41.3. The van der Waals surface area contributed by atoms with Gasteiger partial charge in [-0.25, -0.2) is 24.7 Å². The Morgan fingerprint density at radius 2 is 1.08 bits per heavy atom. The van der Waals surface area contributed by atoms with Crippen LogP contribution in [0, 0.1) is 0 Å². The van der Waals surface area contributed by atoms with E-state index in [1.54, 1.807) is 6.08 Å². The number of ether oxygens (including phenoxy) is 2. The third kappa shape index (κ3) is 14.5. The minimum absolute atomic E-state index is 0. The quantitative estimate of drug-likeness (QED) is 0.0370. The van der Waals surface area contributed by atoms with E-state index in [1.165, 1.54) is 18.2 Å². The van der Waals surface area contributed by atoms with Crippen LogP contribution in [-0.4, -0.2) is 126 Å². The minimum atomic E-state index is -0.993. The Balaban J connectivity index is 0.000000235. The summed E-state index contributed by atoms with van der Waals surface area (Å²) < 4.78 is 11.9. The predicted molar refractivity (Wildman–Crippen MR) is 286 cm³/mol. The summed E-state index contributed by atoms with van der Waals surface area (Å²) in [5, 5.41) is 18.3. The molecule has 0 aliphatic rings. The van der Waals surface area contributed by atoms with Crippen molar-refractivity contribution >= 4 is 40.3 Å². The third-order valence-corrected chi connectivity index (χ3v) is 11.6. The Hall–Kier alpha value is -8.22. The fourth-order valence-electron chi connectivity index (χ4n) is 8.25. The van der Waals surface area contributed by atoms with E-state index >= 15 is 0 Å². The molecule has 0 amide bonds. The molecule has 0 atom stereocenters. The molecule has 0 saturated carbocycles. The van der Waals surface area contributed by atoms with Gasteiger partial charge in [0.15, 0.2) is 22.3 Å². The number of nitrogens with one attached hydrogen (secondary N) is 4. The maximum Gasteiger partial charge on any atom is 0.328 e. The van der Waals surface area contributed by atoms with Gasteiger partial charge in [0.2, 0.25) is 0 Å². The van der Waals surface area contributed by atoms with Crippen molar-refractivity contribution in [2.75, 3.05) is 54.5 Å². The maximum atomic E-state index is 12.5. The average Bonchev–Trinajstić information content (AvgIpc) is 4.04. The van der Waals surface area contributed by atoms with Crippen LogP contribution in [0.15, 0.2) is 101 Å². The van der Waals surface area contributed by atoms with Crippen LogP contribution < -0.4 is 20.6 Å². The molecule has 4 heterocycles. The highest BCUT2D eigenvalue weighted by molar-refractivity contribution is 5.86. The monoisotopic (exact) mass is 992 g/mol. The minimum Gasteiger partial charge on any atom is -0.493 e. The van der Waals surface area contributed by atoms with Gasteiger partial charge in [0.25, 0.3) is 11.1 Å². The highest BCUT2D eigenvalue weighted by Crippen LogP contribution is 2.36. The molecule has 4 aromatic heterocycles. The molecule has 0 bridgehead atoms. The van der Waals surface area contributed by atoms with Gasteiger partial charge in [-0.05, 0) is 168 Å². The zero-order chi connectivity index (χ0) is 51.3. The fraction of sp³-hybridized carbons (Fsp3) is 0.309. The Morgan fingerprint density at radius 3 is 1.53 bits per heavy atom. The Morgan fingerprint density at radius 1 is 0.616 bits per heavy atom. The highest BCUT2D eigenvalue weighted by Gasteiger charge is 2.17. The first-order valence-electron chi connectivity index (χ1n) is 23.8. The first kappa shape index (κ1) is 54.1. The summed E-state index contributed by atoms with van der Waals surface area (Å²) in [6, 6.07) is 23.9. The number of carboxylic acid groups (broad SMARTS) is 2. The topological polar surface area (TPSA) is 248 Å². The number of H-pyrrole nitrogens is 4. The van der Waals surface area contributed by atoms with E-state index in [1.807, 2.05) is 82.5 Å². The van der Waals surface area contributed by atoms with E-state index in [0.29, 0.717) is 76.2 Å². The molecule has 18 heteroatoms. The molecule has 0 aliphatic heterocycles. The maximum absolute atomic E-state index is 12.5. The Kier molecular flexibility index (Phi) is 18.7. The number of rotatable bonds is 21. The molecular weight excluding hydrogens is 929 g/mol.